The van der Waals surface area contributed by atoms with Gasteiger partial charge in [0, 0.05) is 16.7 Å². The molecule has 1 aromatic rings. The highest BCUT2D eigenvalue weighted by Gasteiger charge is 2.19. The molecule has 7 heteroatoms. The van der Waals surface area contributed by atoms with Crippen LogP contribution < -0.4 is 10.5 Å². The maximum Gasteiger partial charge on any atom is 0.243 e. The Morgan fingerprint density at radius 3 is 2.71 bits per heavy atom. The van der Waals surface area contributed by atoms with Crippen LogP contribution in [0.1, 0.15) is 5.56 Å². The van der Waals surface area contributed by atoms with Crippen LogP contribution in [0.15, 0.2) is 28.1 Å². The van der Waals surface area contributed by atoms with Crippen molar-refractivity contribution in [2.24, 2.45) is 0 Å². The Balaban J connectivity index is 3.15. The topological polar surface area (TPSA) is 72.2 Å². The summed E-state index contributed by atoms with van der Waals surface area (Å²) in [5, 5.41) is 0. The van der Waals surface area contributed by atoms with E-state index in [9.17, 15) is 12.8 Å². The van der Waals surface area contributed by atoms with E-state index in [0.717, 1.165) is 12.1 Å². The third kappa shape index (κ3) is 3.52. The standard InChI is InChI=1S/C10H12BrFN2O2S/c1-6-3-8(12)10(4-9(6)13)17(15,16)14-5-7(2)11/h3-4,14H,2,5,13H2,1H3. The highest BCUT2D eigenvalue weighted by Crippen LogP contribution is 2.21. The van der Waals surface area contributed by atoms with Gasteiger partial charge in [0.05, 0.1) is 0 Å². The molecule has 1 aromatic carbocycles. The fourth-order valence-corrected chi connectivity index (χ4v) is 2.57. The number of hydrogen-bond acceptors (Lipinski definition) is 3. The lowest BCUT2D eigenvalue weighted by Crippen LogP contribution is -2.25. The minimum atomic E-state index is -3.92. The maximum atomic E-state index is 13.5. The SMILES string of the molecule is C=C(Br)CNS(=O)(=O)c1cc(N)c(C)cc1F. The molecule has 0 fully saturated rings. The van der Waals surface area contributed by atoms with E-state index in [2.05, 4.69) is 27.2 Å². The Bertz CT molecular complexity index is 558. The Labute approximate surface area is 108 Å². The van der Waals surface area contributed by atoms with Gasteiger partial charge < -0.3 is 5.73 Å². The maximum absolute atomic E-state index is 13.5. The van der Waals surface area contributed by atoms with Crippen molar-refractivity contribution in [2.75, 3.05) is 12.3 Å². The van der Waals surface area contributed by atoms with Crippen molar-refractivity contribution in [1.82, 2.24) is 4.72 Å². The second-order valence-electron chi connectivity index (χ2n) is 3.48. The van der Waals surface area contributed by atoms with Gasteiger partial charge in [0.2, 0.25) is 10.0 Å². The molecular formula is C10H12BrFN2O2S. The van der Waals surface area contributed by atoms with Crippen molar-refractivity contribution in [2.45, 2.75) is 11.8 Å². The Hall–Kier alpha value is -0.920. The van der Waals surface area contributed by atoms with Crippen LogP contribution in [0.2, 0.25) is 0 Å². The van der Waals surface area contributed by atoms with E-state index < -0.39 is 20.7 Å². The van der Waals surface area contributed by atoms with Crippen LogP contribution in [-0.2, 0) is 10.0 Å². The number of nitrogens with two attached hydrogens (primary N) is 1. The molecule has 0 atom stereocenters. The Kier molecular flexibility index (Phi) is 4.29. The van der Waals surface area contributed by atoms with Gasteiger partial charge in [0.1, 0.15) is 10.7 Å². The quantitative estimate of drug-likeness (QED) is 0.832. The molecular weight excluding hydrogens is 311 g/mol. The van der Waals surface area contributed by atoms with Crippen molar-refractivity contribution < 1.29 is 12.8 Å². The number of sulfonamides is 1. The van der Waals surface area contributed by atoms with Crippen LogP contribution in [0.25, 0.3) is 0 Å². The van der Waals surface area contributed by atoms with Gasteiger partial charge in [-0.25, -0.2) is 17.5 Å². The molecule has 0 aromatic heterocycles. The molecule has 1 rings (SSSR count). The summed E-state index contributed by atoms with van der Waals surface area (Å²) in [7, 11) is -3.92. The second kappa shape index (κ2) is 5.16. The van der Waals surface area contributed by atoms with Crippen LogP contribution in [0, 0.1) is 12.7 Å². The van der Waals surface area contributed by atoms with Gasteiger partial charge in [0.25, 0.3) is 0 Å². The lowest BCUT2D eigenvalue weighted by molar-refractivity contribution is 0.559. The predicted octanol–water partition coefficient (Wildman–Crippen LogP) is 1.90. The number of benzene rings is 1. The summed E-state index contributed by atoms with van der Waals surface area (Å²) in [6, 6.07) is 2.19. The summed E-state index contributed by atoms with van der Waals surface area (Å²) in [4.78, 5) is -0.464. The fourth-order valence-electron chi connectivity index (χ4n) is 1.13. The van der Waals surface area contributed by atoms with Crippen LogP contribution in [0.4, 0.5) is 10.1 Å². The number of rotatable bonds is 4. The van der Waals surface area contributed by atoms with Gasteiger partial charge in [0.15, 0.2) is 0 Å². The lowest BCUT2D eigenvalue weighted by atomic mass is 10.2. The van der Waals surface area contributed by atoms with Gasteiger partial charge in [-0.15, -0.1) is 0 Å². The zero-order chi connectivity index (χ0) is 13.2. The molecule has 0 aliphatic heterocycles. The first-order valence-electron chi connectivity index (χ1n) is 4.62. The van der Waals surface area contributed by atoms with Crippen LogP contribution in [-0.4, -0.2) is 15.0 Å². The monoisotopic (exact) mass is 322 g/mol. The van der Waals surface area contributed by atoms with Crippen molar-refractivity contribution in [3.63, 3.8) is 0 Å². The predicted molar refractivity (Wildman–Crippen MR) is 68.8 cm³/mol. The molecule has 0 aliphatic rings. The average molecular weight is 323 g/mol. The molecule has 0 saturated carbocycles. The molecule has 0 radical (unpaired) electrons. The number of anilines is 1. The summed E-state index contributed by atoms with van der Waals surface area (Å²) in [5.74, 6) is -0.829. The summed E-state index contributed by atoms with van der Waals surface area (Å²) in [5.41, 5.74) is 6.27. The Morgan fingerprint density at radius 1 is 1.59 bits per heavy atom. The molecule has 17 heavy (non-hydrogen) atoms. The molecule has 0 amide bonds. The van der Waals surface area contributed by atoms with E-state index in [1.807, 2.05) is 0 Å². The molecule has 3 N–H and O–H groups in total. The van der Waals surface area contributed by atoms with E-state index in [4.69, 9.17) is 5.73 Å². The number of hydrogen-bond donors (Lipinski definition) is 2. The molecule has 4 nitrogen and oxygen atoms in total. The van der Waals surface area contributed by atoms with E-state index in [-0.39, 0.29) is 12.2 Å². The first-order chi connectivity index (χ1) is 7.74. The zero-order valence-electron chi connectivity index (χ0n) is 9.13. The smallest absolute Gasteiger partial charge is 0.243 e. The average Bonchev–Trinajstić information content (AvgIpc) is 2.20. The first kappa shape index (κ1) is 14.1. The normalized spacial score (nSPS) is 11.5. The van der Waals surface area contributed by atoms with Gasteiger partial charge in [-0.1, -0.05) is 22.5 Å². The zero-order valence-corrected chi connectivity index (χ0v) is 11.5. The largest absolute Gasteiger partial charge is 0.398 e. The molecule has 0 heterocycles. The highest BCUT2D eigenvalue weighted by atomic mass is 79.9. The van der Waals surface area contributed by atoms with Crippen molar-refractivity contribution in [3.05, 3.63) is 34.6 Å². The van der Waals surface area contributed by atoms with Crippen molar-refractivity contribution in [3.8, 4) is 0 Å². The summed E-state index contributed by atoms with van der Waals surface area (Å²) in [6.07, 6.45) is 0. The van der Waals surface area contributed by atoms with Gasteiger partial charge >= 0.3 is 0 Å². The van der Waals surface area contributed by atoms with Crippen LogP contribution in [0.5, 0.6) is 0 Å². The molecule has 0 bridgehead atoms. The summed E-state index contributed by atoms with van der Waals surface area (Å²) in [6.45, 7) is 5.06. The van der Waals surface area contributed by atoms with E-state index >= 15 is 0 Å². The van der Waals surface area contributed by atoms with Crippen molar-refractivity contribution in [1.29, 1.82) is 0 Å². The number of halogens is 2. The lowest BCUT2D eigenvalue weighted by Gasteiger charge is -2.09. The van der Waals surface area contributed by atoms with Crippen molar-refractivity contribution >= 4 is 31.6 Å². The molecule has 94 valence electrons. The summed E-state index contributed by atoms with van der Waals surface area (Å²) < 4.78 is 39.7. The van der Waals surface area contributed by atoms with Crippen LogP contribution >= 0.6 is 15.9 Å². The fraction of sp³-hybridized carbons (Fsp3) is 0.200. The minimum Gasteiger partial charge on any atom is -0.398 e. The molecule has 0 unspecified atom stereocenters. The third-order valence-corrected chi connectivity index (χ3v) is 3.76. The second-order valence-corrected chi connectivity index (χ2v) is 6.34. The van der Waals surface area contributed by atoms with E-state index in [1.165, 1.54) is 0 Å². The molecule has 0 spiro atoms. The van der Waals surface area contributed by atoms with Gasteiger partial charge in [-0.05, 0) is 24.6 Å². The first-order valence-corrected chi connectivity index (χ1v) is 6.90. The number of aryl methyl sites for hydroxylation is 1. The van der Waals surface area contributed by atoms with Gasteiger partial charge in [-0.2, -0.15) is 0 Å². The highest BCUT2D eigenvalue weighted by molar-refractivity contribution is 9.11. The van der Waals surface area contributed by atoms with Crippen LogP contribution in [0.3, 0.4) is 0 Å². The molecule has 0 saturated heterocycles. The third-order valence-electron chi connectivity index (χ3n) is 2.06. The minimum absolute atomic E-state index is 0.0183. The van der Waals surface area contributed by atoms with E-state index in [1.54, 1.807) is 6.92 Å². The number of nitrogen functional groups attached to an aromatic ring is 1. The molecule has 0 aliphatic carbocycles. The Morgan fingerprint density at radius 2 is 2.18 bits per heavy atom. The number of nitrogens with one attached hydrogen (secondary N) is 1. The van der Waals surface area contributed by atoms with Gasteiger partial charge in [-0.3, -0.25) is 0 Å². The summed E-state index contributed by atoms with van der Waals surface area (Å²) >= 11 is 3.00. The van der Waals surface area contributed by atoms with E-state index in [0.29, 0.717) is 10.0 Å².